The molecule has 0 aromatic heterocycles. The summed E-state index contributed by atoms with van der Waals surface area (Å²) in [4.78, 5) is 28.1. The average Bonchev–Trinajstić information content (AvgIpc) is 2.72. The molecule has 2 amide bonds. The third kappa shape index (κ3) is 2.61. The van der Waals surface area contributed by atoms with E-state index in [4.69, 9.17) is 5.73 Å². The van der Waals surface area contributed by atoms with Crippen LogP contribution in [-0.2, 0) is 9.59 Å². The van der Waals surface area contributed by atoms with E-state index in [2.05, 4.69) is 0 Å². The van der Waals surface area contributed by atoms with Crippen molar-refractivity contribution in [3.05, 3.63) is 0 Å². The predicted octanol–water partition coefficient (Wildman–Crippen LogP) is 0.727. The normalized spacial score (nSPS) is 25.8. The van der Waals surface area contributed by atoms with Gasteiger partial charge in [0, 0.05) is 32.1 Å². The molecule has 2 fully saturated rings. The predicted molar refractivity (Wildman–Crippen MR) is 73.4 cm³/mol. The van der Waals surface area contributed by atoms with Crippen LogP contribution >= 0.6 is 0 Å². The molecule has 108 valence electrons. The van der Waals surface area contributed by atoms with Crippen molar-refractivity contribution in [3.8, 4) is 0 Å². The zero-order chi connectivity index (χ0) is 14.3. The summed E-state index contributed by atoms with van der Waals surface area (Å²) in [6.07, 6.45) is 4.42. The van der Waals surface area contributed by atoms with Crippen molar-refractivity contribution in [2.75, 3.05) is 20.1 Å². The van der Waals surface area contributed by atoms with Crippen molar-refractivity contribution < 1.29 is 9.59 Å². The molecule has 1 saturated carbocycles. The van der Waals surface area contributed by atoms with Crippen molar-refractivity contribution in [1.82, 2.24) is 9.80 Å². The van der Waals surface area contributed by atoms with Gasteiger partial charge in [0.1, 0.15) is 5.54 Å². The molecule has 0 atom stereocenters. The Kier molecular flexibility index (Phi) is 3.60. The minimum Gasteiger partial charge on any atom is -0.342 e. The third-order valence-electron chi connectivity index (χ3n) is 4.61. The van der Waals surface area contributed by atoms with Gasteiger partial charge in [-0.25, -0.2) is 0 Å². The Hall–Kier alpha value is -1.10. The second-order valence-electron chi connectivity index (χ2n) is 6.58. The number of amides is 2. The van der Waals surface area contributed by atoms with Crippen LogP contribution in [0.1, 0.15) is 46.0 Å². The summed E-state index contributed by atoms with van der Waals surface area (Å²) < 4.78 is 0. The van der Waals surface area contributed by atoms with Crippen molar-refractivity contribution in [2.24, 2.45) is 5.73 Å². The Morgan fingerprint density at radius 1 is 1.26 bits per heavy atom. The van der Waals surface area contributed by atoms with Gasteiger partial charge in [-0.05, 0) is 26.7 Å². The molecule has 5 nitrogen and oxygen atoms in total. The number of piperazine rings is 1. The highest BCUT2D eigenvalue weighted by molar-refractivity contribution is 5.92. The van der Waals surface area contributed by atoms with E-state index in [0.29, 0.717) is 19.5 Å². The van der Waals surface area contributed by atoms with Crippen LogP contribution in [0, 0.1) is 0 Å². The van der Waals surface area contributed by atoms with Crippen molar-refractivity contribution in [2.45, 2.75) is 57.0 Å². The maximum absolute atomic E-state index is 12.5. The van der Waals surface area contributed by atoms with E-state index >= 15 is 0 Å². The van der Waals surface area contributed by atoms with Crippen molar-refractivity contribution in [3.63, 3.8) is 0 Å². The van der Waals surface area contributed by atoms with E-state index < -0.39 is 5.54 Å². The number of likely N-dealkylation sites (N-methyl/N-ethyl adjacent to an activating group) is 1. The monoisotopic (exact) mass is 267 g/mol. The quantitative estimate of drug-likeness (QED) is 0.802. The topological polar surface area (TPSA) is 66.6 Å². The van der Waals surface area contributed by atoms with Gasteiger partial charge in [0.25, 0.3) is 0 Å². The van der Waals surface area contributed by atoms with Crippen LogP contribution in [0.3, 0.4) is 0 Å². The number of nitrogens with zero attached hydrogens (tertiary/aromatic N) is 2. The smallest absolute Gasteiger partial charge is 0.247 e. The highest BCUT2D eigenvalue weighted by Crippen LogP contribution is 2.32. The Morgan fingerprint density at radius 2 is 1.84 bits per heavy atom. The number of hydrogen-bond acceptors (Lipinski definition) is 3. The summed E-state index contributed by atoms with van der Waals surface area (Å²) in [5.74, 6) is 0.0282. The van der Waals surface area contributed by atoms with E-state index in [-0.39, 0.29) is 17.4 Å². The maximum Gasteiger partial charge on any atom is 0.247 e. The van der Waals surface area contributed by atoms with Crippen LogP contribution in [0.5, 0.6) is 0 Å². The highest BCUT2D eigenvalue weighted by Gasteiger charge is 2.44. The van der Waals surface area contributed by atoms with E-state index in [1.54, 1.807) is 16.8 Å². The van der Waals surface area contributed by atoms with Crippen LogP contribution in [0.2, 0.25) is 0 Å². The molecule has 1 saturated heterocycles. The van der Waals surface area contributed by atoms with Gasteiger partial charge in [0.05, 0.1) is 0 Å². The number of carbonyl (C=O) groups excluding carboxylic acids is 2. The van der Waals surface area contributed by atoms with Gasteiger partial charge in [-0.2, -0.15) is 0 Å². The summed E-state index contributed by atoms with van der Waals surface area (Å²) in [6.45, 7) is 4.84. The number of nitrogens with two attached hydrogens (primary N) is 1. The molecule has 1 aliphatic heterocycles. The van der Waals surface area contributed by atoms with Gasteiger partial charge in [-0.1, -0.05) is 12.8 Å². The maximum atomic E-state index is 12.5. The van der Waals surface area contributed by atoms with Crippen LogP contribution in [0.25, 0.3) is 0 Å². The highest BCUT2D eigenvalue weighted by atomic mass is 16.2. The second kappa shape index (κ2) is 4.78. The minimum atomic E-state index is -0.751. The molecule has 0 spiro atoms. The molecule has 5 heteroatoms. The molecule has 2 aliphatic rings. The van der Waals surface area contributed by atoms with Gasteiger partial charge in [-0.3, -0.25) is 9.59 Å². The largest absolute Gasteiger partial charge is 0.342 e. The molecule has 0 unspecified atom stereocenters. The summed E-state index contributed by atoms with van der Waals surface area (Å²) in [5.41, 5.74) is 5.18. The molecule has 2 N–H and O–H groups in total. The molecule has 0 aromatic rings. The standard InChI is InChI=1S/C14H25N3O2/c1-13(2)12(19)16(3)8-9-17(13)11(18)10-14(15)6-4-5-7-14/h4-10,15H2,1-3H3. The third-order valence-corrected chi connectivity index (χ3v) is 4.61. The van der Waals surface area contributed by atoms with E-state index in [9.17, 15) is 9.59 Å². The first-order valence-corrected chi connectivity index (χ1v) is 7.11. The van der Waals surface area contributed by atoms with Crippen molar-refractivity contribution >= 4 is 11.8 Å². The Bertz CT molecular complexity index is 386. The fraction of sp³-hybridized carbons (Fsp3) is 0.857. The van der Waals surface area contributed by atoms with E-state index in [1.807, 2.05) is 13.8 Å². The fourth-order valence-electron chi connectivity index (χ4n) is 3.30. The zero-order valence-corrected chi connectivity index (χ0v) is 12.2. The number of hydrogen-bond donors (Lipinski definition) is 1. The molecule has 1 aliphatic carbocycles. The van der Waals surface area contributed by atoms with Crippen LogP contribution < -0.4 is 5.73 Å². The molecular formula is C14H25N3O2. The lowest BCUT2D eigenvalue weighted by Crippen LogP contribution is -2.64. The first-order valence-electron chi connectivity index (χ1n) is 7.11. The minimum absolute atomic E-state index is 0.00425. The first-order chi connectivity index (χ1) is 8.76. The lowest BCUT2D eigenvalue weighted by Gasteiger charge is -2.45. The summed E-state index contributed by atoms with van der Waals surface area (Å²) >= 11 is 0. The lowest BCUT2D eigenvalue weighted by atomic mass is 9.91. The van der Waals surface area contributed by atoms with Gasteiger partial charge < -0.3 is 15.5 Å². The molecule has 1 heterocycles. The van der Waals surface area contributed by atoms with Crippen LogP contribution in [0.4, 0.5) is 0 Å². The van der Waals surface area contributed by atoms with E-state index in [0.717, 1.165) is 25.7 Å². The Labute approximate surface area is 115 Å². The zero-order valence-electron chi connectivity index (χ0n) is 12.2. The first kappa shape index (κ1) is 14.3. The van der Waals surface area contributed by atoms with Crippen molar-refractivity contribution in [1.29, 1.82) is 0 Å². The van der Waals surface area contributed by atoms with Gasteiger partial charge in [-0.15, -0.1) is 0 Å². The Balaban J connectivity index is 2.08. The SMILES string of the molecule is CN1CCN(C(=O)CC2(N)CCCC2)C(C)(C)C1=O. The molecule has 0 bridgehead atoms. The molecule has 19 heavy (non-hydrogen) atoms. The number of rotatable bonds is 2. The van der Waals surface area contributed by atoms with E-state index in [1.165, 1.54) is 0 Å². The molecule has 0 aromatic carbocycles. The van der Waals surface area contributed by atoms with Gasteiger partial charge in [0.15, 0.2) is 0 Å². The molecule has 2 rings (SSSR count). The lowest BCUT2D eigenvalue weighted by molar-refractivity contribution is -0.157. The average molecular weight is 267 g/mol. The summed E-state index contributed by atoms with van der Waals surface area (Å²) in [7, 11) is 1.79. The van der Waals surface area contributed by atoms with Crippen LogP contribution in [0.15, 0.2) is 0 Å². The van der Waals surface area contributed by atoms with Crippen LogP contribution in [-0.4, -0.2) is 52.8 Å². The molecular weight excluding hydrogens is 242 g/mol. The second-order valence-corrected chi connectivity index (χ2v) is 6.58. The van der Waals surface area contributed by atoms with Gasteiger partial charge in [0.2, 0.25) is 11.8 Å². The Morgan fingerprint density at radius 3 is 2.42 bits per heavy atom. The van der Waals surface area contributed by atoms with Gasteiger partial charge >= 0.3 is 0 Å². The summed E-state index contributed by atoms with van der Waals surface area (Å²) in [6, 6.07) is 0. The number of carbonyl (C=O) groups is 2. The summed E-state index contributed by atoms with van der Waals surface area (Å²) in [5, 5.41) is 0. The fourth-order valence-corrected chi connectivity index (χ4v) is 3.30. The molecule has 0 radical (unpaired) electrons.